The molecule has 0 fully saturated rings. The van der Waals surface area contributed by atoms with Gasteiger partial charge >= 0.3 is 0 Å². The van der Waals surface area contributed by atoms with Crippen molar-refractivity contribution in [3.8, 4) is 0 Å². The maximum atomic E-state index is 12.0. The third kappa shape index (κ3) is 3.15. The second-order valence-electron chi connectivity index (χ2n) is 4.72. The van der Waals surface area contributed by atoms with E-state index in [1.807, 2.05) is 41.8 Å². The van der Waals surface area contributed by atoms with Gasteiger partial charge in [0.1, 0.15) is 5.58 Å². The first kappa shape index (κ1) is 13.9. The Kier molecular flexibility index (Phi) is 4.03. The Balaban J connectivity index is 1.56. The van der Waals surface area contributed by atoms with Crippen molar-refractivity contribution in [3.05, 3.63) is 58.5 Å². The highest BCUT2D eigenvalue weighted by atomic mass is 32.1. The predicted octanol–water partition coefficient (Wildman–Crippen LogP) is 3.35. The van der Waals surface area contributed by atoms with Crippen LogP contribution in [0, 0.1) is 0 Å². The highest BCUT2D eigenvalue weighted by molar-refractivity contribution is 7.10. The lowest BCUT2D eigenvalue weighted by Crippen LogP contribution is -2.25. The quantitative estimate of drug-likeness (QED) is 0.759. The Bertz CT molecular complexity index is 700. The molecule has 3 rings (SSSR count). The lowest BCUT2D eigenvalue weighted by molar-refractivity contribution is 0.0918. The highest BCUT2D eigenvalue weighted by Crippen LogP contribution is 2.21. The van der Waals surface area contributed by atoms with Crippen molar-refractivity contribution in [1.29, 1.82) is 0 Å². The number of aliphatic hydroxyl groups is 1. The molecule has 2 aromatic heterocycles. The molecule has 0 spiro atoms. The van der Waals surface area contributed by atoms with Gasteiger partial charge in [0, 0.05) is 16.8 Å². The minimum atomic E-state index is -0.541. The smallest absolute Gasteiger partial charge is 0.287 e. The molecule has 1 amide bonds. The van der Waals surface area contributed by atoms with Crippen molar-refractivity contribution in [2.24, 2.45) is 0 Å². The van der Waals surface area contributed by atoms with Crippen LogP contribution in [-0.4, -0.2) is 17.6 Å². The summed E-state index contributed by atoms with van der Waals surface area (Å²) >= 11 is 1.51. The molecule has 1 atom stereocenters. The number of para-hydroxylation sites is 1. The topological polar surface area (TPSA) is 62.5 Å². The minimum Gasteiger partial charge on any atom is -0.451 e. The monoisotopic (exact) mass is 301 g/mol. The number of fused-ring (bicyclic) bond motifs is 1. The van der Waals surface area contributed by atoms with Crippen molar-refractivity contribution in [2.45, 2.75) is 12.5 Å². The van der Waals surface area contributed by atoms with Gasteiger partial charge in [0.2, 0.25) is 0 Å². The first-order chi connectivity index (χ1) is 10.2. The van der Waals surface area contributed by atoms with E-state index >= 15 is 0 Å². The Morgan fingerprint density at radius 1 is 1.29 bits per heavy atom. The summed E-state index contributed by atoms with van der Waals surface area (Å²) in [5.74, 6) is 0.0337. The molecule has 0 aliphatic carbocycles. The summed E-state index contributed by atoms with van der Waals surface area (Å²) in [6.45, 7) is 0.398. The Morgan fingerprint density at radius 3 is 2.90 bits per heavy atom. The molecule has 108 valence electrons. The molecule has 2 N–H and O–H groups in total. The minimum absolute atomic E-state index is 0.260. The molecule has 0 saturated carbocycles. The number of thiophene rings is 1. The van der Waals surface area contributed by atoms with E-state index in [1.165, 1.54) is 11.3 Å². The van der Waals surface area contributed by atoms with Crippen LogP contribution in [0.15, 0.2) is 52.3 Å². The maximum absolute atomic E-state index is 12.0. The lowest BCUT2D eigenvalue weighted by atomic mass is 10.2. The zero-order valence-electron chi connectivity index (χ0n) is 11.3. The number of hydrogen-bond acceptors (Lipinski definition) is 4. The van der Waals surface area contributed by atoms with E-state index in [0.717, 1.165) is 10.3 Å². The molecule has 0 bridgehead atoms. The normalized spacial score (nSPS) is 12.4. The summed E-state index contributed by atoms with van der Waals surface area (Å²) in [6, 6.07) is 13.0. The number of carbonyl (C=O) groups is 1. The Morgan fingerprint density at radius 2 is 2.14 bits per heavy atom. The van der Waals surface area contributed by atoms with E-state index in [0.29, 0.717) is 24.3 Å². The number of rotatable bonds is 5. The van der Waals surface area contributed by atoms with Gasteiger partial charge in [-0.15, -0.1) is 11.3 Å². The third-order valence-corrected chi connectivity index (χ3v) is 4.20. The highest BCUT2D eigenvalue weighted by Gasteiger charge is 2.13. The zero-order valence-corrected chi connectivity index (χ0v) is 12.1. The molecule has 1 unspecified atom stereocenters. The number of amides is 1. The fourth-order valence-electron chi connectivity index (χ4n) is 2.13. The van der Waals surface area contributed by atoms with E-state index in [4.69, 9.17) is 4.42 Å². The summed E-state index contributed by atoms with van der Waals surface area (Å²) in [4.78, 5) is 12.9. The van der Waals surface area contributed by atoms with Gasteiger partial charge in [0.05, 0.1) is 6.10 Å². The van der Waals surface area contributed by atoms with Crippen LogP contribution in [0.25, 0.3) is 11.0 Å². The standard InChI is InChI=1S/C16H15NO3S/c18-12(15-6-3-9-21-15)7-8-17-16(19)14-10-11-4-1-2-5-13(11)20-14/h1-6,9-10,12,18H,7-8H2,(H,17,19). The summed E-state index contributed by atoms with van der Waals surface area (Å²) in [6.07, 6.45) is -0.0621. The number of hydrogen-bond donors (Lipinski definition) is 2. The van der Waals surface area contributed by atoms with E-state index in [2.05, 4.69) is 5.32 Å². The molecule has 1 aromatic carbocycles. The number of benzene rings is 1. The van der Waals surface area contributed by atoms with Gasteiger partial charge in [-0.1, -0.05) is 24.3 Å². The fraction of sp³-hybridized carbons (Fsp3) is 0.188. The number of furan rings is 1. The van der Waals surface area contributed by atoms with Crippen LogP contribution in [0.2, 0.25) is 0 Å². The fourth-order valence-corrected chi connectivity index (χ4v) is 2.87. The number of aliphatic hydroxyl groups excluding tert-OH is 1. The molecule has 5 heteroatoms. The molecule has 3 aromatic rings. The second-order valence-corrected chi connectivity index (χ2v) is 5.70. The summed E-state index contributed by atoms with van der Waals surface area (Å²) in [7, 11) is 0. The van der Waals surface area contributed by atoms with Crippen molar-refractivity contribution in [1.82, 2.24) is 5.32 Å². The van der Waals surface area contributed by atoms with Crippen LogP contribution in [0.5, 0.6) is 0 Å². The first-order valence-corrected chi connectivity index (χ1v) is 7.60. The zero-order chi connectivity index (χ0) is 14.7. The van der Waals surface area contributed by atoms with Gasteiger partial charge in [-0.25, -0.2) is 0 Å². The van der Waals surface area contributed by atoms with Crippen LogP contribution in [-0.2, 0) is 0 Å². The molecule has 0 saturated heterocycles. The van der Waals surface area contributed by atoms with Crippen LogP contribution >= 0.6 is 11.3 Å². The average molecular weight is 301 g/mol. The first-order valence-electron chi connectivity index (χ1n) is 6.72. The number of carbonyl (C=O) groups excluding carboxylic acids is 1. The van der Waals surface area contributed by atoms with Crippen molar-refractivity contribution >= 4 is 28.2 Å². The molecular weight excluding hydrogens is 286 g/mol. The van der Waals surface area contributed by atoms with Crippen molar-refractivity contribution in [2.75, 3.05) is 6.54 Å². The van der Waals surface area contributed by atoms with Crippen molar-refractivity contribution < 1.29 is 14.3 Å². The van der Waals surface area contributed by atoms with Crippen LogP contribution in [0.1, 0.15) is 28.0 Å². The molecule has 2 heterocycles. The van der Waals surface area contributed by atoms with Gasteiger partial charge in [-0.05, 0) is 30.0 Å². The molecule has 0 radical (unpaired) electrons. The van der Waals surface area contributed by atoms with E-state index in [1.54, 1.807) is 6.07 Å². The van der Waals surface area contributed by atoms with E-state index in [-0.39, 0.29) is 5.91 Å². The van der Waals surface area contributed by atoms with E-state index in [9.17, 15) is 9.90 Å². The Hall–Kier alpha value is -2.11. The lowest BCUT2D eigenvalue weighted by Gasteiger charge is -2.08. The van der Waals surface area contributed by atoms with Gasteiger partial charge < -0.3 is 14.8 Å². The Labute approximate surface area is 126 Å². The molecule has 0 aliphatic heterocycles. The van der Waals surface area contributed by atoms with Gasteiger partial charge in [-0.2, -0.15) is 0 Å². The SMILES string of the molecule is O=C(NCCC(O)c1cccs1)c1cc2ccccc2o1. The molecular formula is C16H15NO3S. The van der Waals surface area contributed by atoms with Crippen LogP contribution in [0.4, 0.5) is 0 Å². The van der Waals surface area contributed by atoms with Gasteiger partial charge in [0.25, 0.3) is 5.91 Å². The molecule has 0 aliphatic rings. The second kappa shape index (κ2) is 6.11. The van der Waals surface area contributed by atoms with Crippen LogP contribution in [0.3, 0.4) is 0 Å². The summed E-state index contributed by atoms with van der Waals surface area (Å²) in [5.41, 5.74) is 0.696. The molecule has 21 heavy (non-hydrogen) atoms. The molecule has 4 nitrogen and oxygen atoms in total. The van der Waals surface area contributed by atoms with Gasteiger partial charge in [0.15, 0.2) is 5.76 Å². The van der Waals surface area contributed by atoms with Gasteiger partial charge in [-0.3, -0.25) is 4.79 Å². The third-order valence-electron chi connectivity index (χ3n) is 3.22. The summed E-state index contributed by atoms with van der Waals surface area (Å²) in [5, 5.41) is 15.5. The summed E-state index contributed by atoms with van der Waals surface area (Å²) < 4.78 is 5.49. The predicted molar refractivity (Wildman–Crippen MR) is 82.4 cm³/mol. The largest absolute Gasteiger partial charge is 0.451 e. The maximum Gasteiger partial charge on any atom is 0.287 e. The van der Waals surface area contributed by atoms with Crippen molar-refractivity contribution in [3.63, 3.8) is 0 Å². The van der Waals surface area contributed by atoms with E-state index < -0.39 is 6.10 Å². The van der Waals surface area contributed by atoms with Crippen LogP contribution < -0.4 is 5.32 Å². The average Bonchev–Trinajstić information content (AvgIpc) is 3.16. The number of nitrogens with one attached hydrogen (secondary N) is 1.